The number of aryl methyl sites for hydroxylation is 1. The molecule has 0 bridgehead atoms. The number of benzene rings is 3. The first-order valence-corrected chi connectivity index (χ1v) is 13.2. The van der Waals surface area contributed by atoms with Crippen LogP contribution in [-0.2, 0) is 5.41 Å². The molecule has 0 aliphatic carbocycles. The standard InChI is InChI=1S/C34H28N4O/c1-21-12-14-25(31-30(21)24-11-8-17-36-33(24)39-31)32-37-27-16-18-35-20-29(27)38(32)28-15-13-23(19-26(28)34(2,3)4)22-9-6-5-7-10-22/h5-20H,1-4H3. The molecule has 0 saturated carbocycles. The van der Waals surface area contributed by atoms with Gasteiger partial charge in [-0.3, -0.25) is 9.55 Å². The van der Waals surface area contributed by atoms with Crippen LogP contribution in [0.25, 0.3) is 61.3 Å². The van der Waals surface area contributed by atoms with Crippen molar-refractivity contribution < 1.29 is 4.42 Å². The Kier molecular flexibility index (Phi) is 5.17. The van der Waals surface area contributed by atoms with Gasteiger partial charge in [0.15, 0.2) is 0 Å². The zero-order valence-corrected chi connectivity index (χ0v) is 22.4. The van der Waals surface area contributed by atoms with E-state index in [0.29, 0.717) is 5.71 Å². The Morgan fingerprint density at radius 2 is 1.67 bits per heavy atom. The molecule has 0 N–H and O–H groups in total. The first kappa shape index (κ1) is 23.4. The van der Waals surface area contributed by atoms with Crippen LogP contribution in [-0.4, -0.2) is 19.5 Å². The van der Waals surface area contributed by atoms with Gasteiger partial charge in [-0.15, -0.1) is 0 Å². The molecule has 0 saturated heterocycles. The Morgan fingerprint density at radius 1 is 0.821 bits per heavy atom. The summed E-state index contributed by atoms with van der Waals surface area (Å²) in [5.41, 5.74) is 9.91. The summed E-state index contributed by atoms with van der Waals surface area (Å²) in [5, 5.41) is 2.08. The van der Waals surface area contributed by atoms with E-state index in [2.05, 4.69) is 109 Å². The largest absolute Gasteiger partial charge is 0.437 e. The zero-order valence-electron chi connectivity index (χ0n) is 22.4. The molecule has 0 atom stereocenters. The van der Waals surface area contributed by atoms with E-state index in [0.717, 1.165) is 50.0 Å². The molecular weight excluding hydrogens is 480 g/mol. The molecule has 0 radical (unpaired) electrons. The lowest BCUT2D eigenvalue weighted by Gasteiger charge is -2.25. The average Bonchev–Trinajstić information content (AvgIpc) is 3.52. The van der Waals surface area contributed by atoms with Gasteiger partial charge in [0.25, 0.3) is 0 Å². The second-order valence-electron chi connectivity index (χ2n) is 11.1. The topological polar surface area (TPSA) is 56.7 Å². The number of aromatic nitrogens is 4. The quantitative estimate of drug-likeness (QED) is 0.240. The number of imidazole rings is 1. The van der Waals surface area contributed by atoms with Crippen LogP contribution in [0.1, 0.15) is 31.9 Å². The van der Waals surface area contributed by atoms with E-state index in [4.69, 9.17) is 9.40 Å². The van der Waals surface area contributed by atoms with Gasteiger partial charge in [-0.05, 0) is 71.0 Å². The summed E-state index contributed by atoms with van der Waals surface area (Å²) in [6.07, 6.45) is 5.46. The van der Waals surface area contributed by atoms with Crippen LogP contribution in [0.3, 0.4) is 0 Å². The van der Waals surface area contributed by atoms with E-state index >= 15 is 0 Å². The Hall–Kier alpha value is -4.77. The third-order valence-corrected chi connectivity index (χ3v) is 7.46. The van der Waals surface area contributed by atoms with E-state index in [-0.39, 0.29) is 5.41 Å². The number of furan rings is 1. The fourth-order valence-corrected chi connectivity index (χ4v) is 5.55. The van der Waals surface area contributed by atoms with E-state index < -0.39 is 0 Å². The van der Waals surface area contributed by atoms with Crippen LogP contribution in [0.15, 0.2) is 102 Å². The first-order chi connectivity index (χ1) is 18.9. The molecule has 4 heterocycles. The van der Waals surface area contributed by atoms with Crippen molar-refractivity contribution in [3.8, 4) is 28.2 Å². The van der Waals surface area contributed by atoms with Crippen molar-refractivity contribution in [3.05, 3.63) is 109 Å². The van der Waals surface area contributed by atoms with E-state index in [1.54, 1.807) is 12.4 Å². The molecule has 190 valence electrons. The molecule has 0 amide bonds. The van der Waals surface area contributed by atoms with Crippen LogP contribution >= 0.6 is 0 Å². The molecule has 4 aromatic heterocycles. The highest BCUT2D eigenvalue weighted by molar-refractivity contribution is 6.10. The third-order valence-electron chi connectivity index (χ3n) is 7.46. The maximum Gasteiger partial charge on any atom is 0.227 e. The molecule has 0 aliphatic rings. The summed E-state index contributed by atoms with van der Waals surface area (Å²) >= 11 is 0. The van der Waals surface area contributed by atoms with Crippen LogP contribution in [0.5, 0.6) is 0 Å². The minimum absolute atomic E-state index is 0.123. The number of pyridine rings is 2. The number of nitrogens with zero attached hydrogens (tertiary/aromatic N) is 4. The van der Waals surface area contributed by atoms with Crippen LogP contribution < -0.4 is 0 Å². The number of hydrogen-bond acceptors (Lipinski definition) is 4. The van der Waals surface area contributed by atoms with Gasteiger partial charge in [-0.2, -0.15) is 0 Å². The van der Waals surface area contributed by atoms with E-state index in [1.165, 1.54) is 16.7 Å². The maximum absolute atomic E-state index is 6.40. The maximum atomic E-state index is 6.40. The number of hydrogen-bond donors (Lipinski definition) is 0. The monoisotopic (exact) mass is 508 g/mol. The Bertz CT molecular complexity index is 2010. The molecule has 0 unspecified atom stereocenters. The summed E-state index contributed by atoms with van der Waals surface area (Å²) in [7, 11) is 0. The van der Waals surface area contributed by atoms with Crippen molar-refractivity contribution in [1.82, 2.24) is 19.5 Å². The summed E-state index contributed by atoms with van der Waals surface area (Å²) < 4.78 is 8.64. The minimum Gasteiger partial charge on any atom is -0.437 e. The predicted molar refractivity (Wildman–Crippen MR) is 158 cm³/mol. The van der Waals surface area contributed by atoms with Crippen molar-refractivity contribution >= 4 is 33.1 Å². The van der Waals surface area contributed by atoms with Crippen LogP contribution in [0, 0.1) is 6.92 Å². The molecule has 7 aromatic rings. The van der Waals surface area contributed by atoms with Crippen molar-refractivity contribution in [2.45, 2.75) is 33.1 Å². The van der Waals surface area contributed by atoms with E-state index in [9.17, 15) is 0 Å². The highest BCUT2D eigenvalue weighted by Gasteiger charge is 2.26. The zero-order chi connectivity index (χ0) is 26.7. The first-order valence-electron chi connectivity index (χ1n) is 13.2. The summed E-state index contributed by atoms with van der Waals surface area (Å²) in [6.45, 7) is 8.88. The lowest BCUT2D eigenvalue weighted by molar-refractivity contribution is 0.587. The lowest BCUT2D eigenvalue weighted by atomic mass is 9.84. The highest BCUT2D eigenvalue weighted by Crippen LogP contribution is 2.41. The molecular formula is C34H28N4O. The second kappa shape index (κ2) is 8.63. The molecule has 7 rings (SSSR count). The summed E-state index contributed by atoms with van der Waals surface area (Å²) in [5.74, 6) is 0.819. The van der Waals surface area contributed by atoms with Crippen molar-refractivity contribution in [2.24, 2.45) is 0 Å². The van der Waals surface area contributed by atoms with Crippen molar-refractivity contribution in [1.29, 1.82) is 0 Å². The number of fused-ring (bicyclic) bond motifs is 4. The van der Waals surface area contributed by atoms with Gasteiger partial charge in [0.2, 0.25) is 5.71 Å². The number of rotatable bonds is 3. The molecule has 39 heavy (non-hydrogen) atoms. The Labute approximate surface area is 226 Å². The third kappa shape index (κ3) is 3.73. The summed E-state index contributed by atoms with van der Waals surface area (Å²) in [4.78, 5) is 14.1. The van der Waals surface area contributed by atoms with Gasteiger partial charge in [0.1, 0.15) is 11.4 Å². The van der Waals surface area contributed by atoms with Crippen molar-refractivity contribution in [2.75, 3.05) is 0 Å². The SMILES string of the molecule is Cc1ccc(-c2nc3ccncc3n2-c2ccc(-c3ccccc3)cc2C(C)(C)C)c2oc3ncccc3c12. The predicted octanol–water partition coefficient (Wildman–Crippen LogP) is 8.65. The molecule has 5 nitrogen and oxygen atoms in total. The Balaban J connectivity index is 1.56. The van der Waals surface area contributed by atoms with Crippen molar-refractivity contribution in [3.63, 3.8) is 0 Å². The van der Waals surface area contributed by atoms with Gasteiger partial charge < -0.3 is 4.42 Å². The highest BCUT2D eigenvalue weighted by atomic mass is 16.3. The van der Waals surface area contributed by atoms with Crippen LogP contribution in [0.2, 0.25) is 0 Å². The van der Waals surface area contributed by atoms with Gasteiger partial charge >= 0.3 is 0 Å². The van der Waals surface area contributed by atoms with Gasteiger partial charge in [-0.1, -0.05) is 63.2 Å². The average molecular weight is 509 g/mol. The van der Waals surface area contributed by atoms with Gasteiger partial charge in [-0.25, -0.2) is 9.97 Å². The molecule has 0 aliphatic heterocycles. The fourth-order valence-electron chi connectivity index (χ4n) is 5.55. The normalized spacial score (nSPS) is 12.1. The smallest absolute Gasteiger partial charge is 0.227 e. The Morgan fingerprint density at radius 3 is 2.49 bits per heavy atom. The second-order valence-corrected chi connectivity index (χ2v) is 11.1. The molecule has 3 aromatic carbocycles. The molecule has 5 heteroatoms. The van der Waals surface area contributed by atoms with Crippen LogP contribution in [0.4, 0.5) is 0 Å². The molecule has 0 fully saturated rings. The molecule has 0 spiro atoms. The lowest BCUT2D eigenvalue weighted by Crippen LogP contribution is -2.16. The minimum atomic E-state index is -0.123. The van der Waals surface area contributed by atoms with Gasteiger partial charge in [0.05, 0.1) is 28.5 Å². The fraction of sp³-hybridized carbons (Fsp3) is 0.147. The summed E-state index contributed by atoms with van der Waals surface area (Å²) in [6, 6.07) is 27.5. The van der Waals surface area contributed by atoms with E-state index in [1.807, 2.05) is 18.3 Å². The van der Waals surface area contributed by atoms with Gasteiger partial charge in [0, 0.05) is 23.2 Å².